The first-order valence-electron chi connectivity index (χ1n) is 4.65. The van der Waals surface area contributed by atoms with Gasteiger partial charge in [-0.25, -0.2) is 4.39 Å². The average Bonchev–Trinajstić information content (AvgIpc) is 2.26. The molecule has 0 aliphatic heterocycles. The number of aliphatic hydroxyl groups is 1. The molecular formula is C11H13FO2S. The standard InChI is InChI=1S/C11H13FO2S/c1-8(6-13)15-7-11(14)9-4-2-3-5-10(9)12/h2-5,8,13H,6-7H2,1H3. The summed E-state index contributed by atoms with van der Waals surface area (Å²) in [6, 6.07) is 5.93. The molecule has 1 rings (SSSR count). The highest BCUT2D eigenvalue weighted by molar-refractivity contribution is 8.00. The van der Waals surface area contributed by atoms with Gasteiger partial charge in [0.15, 0.2) is 5.78 Å². The van der Waals surface area contributed by atoms with Gasteiger partial charge in [0.1, 0.15) is 5.82 Å². The van der Waals surface area contributed by atoms with E-state index in [9.17, 15) is 9.18 Å². The molecule has 0 heterocycles. The van der Waals surface area contributed by atoms with Crippen LogP contribution in [0.2, 0.25) is 0 Å². The highest BCUT2D eigenvalue weighted by Crippen LogP contribution is 2.14. The molecule has 82 valence electrons. The number of halogens is 1. The maximum Gasteiger partial charge on any atom is 0.175 e. The predicted octanol–water partition coefficient (Wildman–Crippen LogP) is 2.12. The predicted molar refractivity (Wildman–Crippen MR) is 59.7 cm³/mol. The van der Waals surface area contributed by atoms with Crippen LogP contribution in [0.1, 0.15) is 17.3 Å². The summed E-state index contributed by atoms with van der Waals surface area (Å²) in [4.78, 5) is 11.5. The molecule has 1 aromatic rings. The van der Waals surface area contributed by atoms with Crippen LogP contribution in [0.15, 0.2) is 24.3 Å². The largest absolute Gasteiger partial charge is 0.395 e. The molecule has 0 fully saturated rings. The van der Waals surface area contributed by atoms with Crippen LogP contribution in [0.5, 0.6) is 0 Å². The molecule has 1 aromatic carbocycles. The van der Waals surface area contributed by atoms with E-state index in [2.05, 4.69) is 0 Å². The number of carbonyl (C=O) groups excluding carboxylic acids is 1. The highest BCUT2D eigenvalue weighted by Gasteiger charge is 2.12. The van der Waals surface area contributed by atoms with Crippen LogP contribution in [-0.2, 0) is 0 Å². The first-order chi connectivity index (χ1) is 7.15. The number of hydrogen-bond donors (Lipinski definition) is 1. The lowest BCUT2D eigenvalue weighted by molar-refractivity contribution is 0.101. The van der Waals surface area contributed by atoms with Crippen molar-refractivity contribution in [1.29, 1.82) is 0 Å². The van der Waals surface area contributed by atoms with Crippen molar-refractivity contribution >= 4 is 17.5 Å². The molecule has 0 radical (unpaired) electrons. The van der Waals surface area contributed by atoms with Gasteiger partial charge in [0.2, 0.25) is 0 Å². The molecule has 0 bridgehead atoms. The zero-order valence-electron chi connectivity index (χ0n) is 8.44. The van der Waals surface area contributed by atoms with Crippen LogP contribution < -0.4 is 0 Å². The second kappa shape index (κ2) is 5.88. The number of benzene rings is 1. The fourth-order valence-corrected chi connectivity index (χ4v) is 1.73. The van der Waals surface area contributed by atoms with Gasteiger partial charge in [-0.3, -0.25) is 4.79 Å². The van der Waals surface area contributed by atoms with E-state index in [0.717, 1.165) is 0 Å². The third-order valence-electron chi connectivity index (χ3n) is 1.93. The summed E-state index contributed by atoms with van der Waals surface area (Å²) in [7, 11) is 0. The SMILES string of the molecule is CC(CO)SCC(=O)c1ccccc1F. The number of hydrogen-bond acceptors (Lipinski definition) is 3. The molecule has 0 aromatic heterocycles. The summed E-state index contributed by atoms with van der Waals surface area (Å²) in [5.41, 5.74) is 0.120. The molecule has 15 heavy (non-hydrogen) atoms. The first kappa shape index (κ1) is 12.2. The van der Waals surface area contributed by atoms with Crippen LogP contribution in [-0.4, -0.2) is 28.5 Å². The quantitative estimate of drug-likeness (QED) is 0.784. The molecular weight excluding hydrogens is 215 g/mol. The molecule has 2 nitrogen and oxygen atoms in total. The lowest BCUT2D eigenvalue weighted by Crippen LogP contribution is -2.10. The molecule has 1 N–H and O–H groups in total. The molecule has 0 aliphatic rings. The third kappa shape index (κ3) is 3.64. The van der Waals surface area contributed by atoms with Crippen molar-refractivity contribution in [3.63, 3.8) is 0 Å². The van der Waals surface area contributed by atoms with E-state index >= 15 is 0 Å². The molecule has 0 amide bonds. The van der Waals surface area contributed by atoms with Gasteiger partial charge in [-0.05, 0) is 12.1 Å². The Kier molecular flexibility index (Phi) is 4.78. The fourth-order valence-electron chi connectivity index (χ4n) is 1.04. The molecule has 0 saturated heterocycles. The van der Waals surface area contributed by atoms with E-state index in [-0.39, 0.29) is 29.0 Å². The monoisotopic (exact) mass is 228 g/mol. The van der Waals surface area contributed by atoms with E-state index in [0.29, 0.717) is 0 Å². The van der Waals surface area contributed by atoms with Crippen molar-refractivity contribution in [3.8, 4) is 0 Å². The summed E-state index contributed by atoms with van der Waals surface area (Å²) in [6.07, 6.45) is 0. The Morgan fingerprint density at radius 3 is 2.80 bits per heavy atom. The van der Waals surface area contributed by atoms with Crippen molar-refractivity contribution in [3.05, 3.63) is 35.6 Å². The maximum atomic E-state index is 13.2. The smallest absolute Gasteiger partial charge is 0.175 e. The Morgan fingerprint density at radius 2 is 2.20 bits per heavy atom. The Morgan fingerprint density at radius 1 is 1.53 bits per heavy atom. The van der Waals surface area contributed by atoms with Crippen LogP contribution in [0.25, 0.3) is 0 Å². The molecule has 0 aliphatic carbocycles. The number of aliphatic hydroxyl groups excluding tert-OH is 1. The molecule has 4 heteroatoms. The minimum atomic E-state index is -0.486. The topological polar surface area (TPSA) is 37.3 Å². The Bertz CT molecular complexity index is 341. The van der Waals surface area contributed by atoms with E-state index in [1.807, 2.05) is 6.92 Å². The zero-order chi connectivity index (χ0) is 11.3. The van der Waals surface area contributed by atoms with Crippen molar-refractivity contribution in [1.82, 2.24) is 0 Å². The van der Waals surface area contributed by atoms with Crippen molar-refractivity contribution in [2.75, 3.05) is 12.4 Å². The van der Waals surface area contributed by atoms with E-state index in [1.165, 1.54) is 23.9 Å². The summed E-state index contributed by atoms with van der Waals surface area (Å²) in [5, 5.41) is 8.77. The normalized spacial score (nSPS) is 12.5. The Balaban J connectivity index is 2.58. The van der Waals surface area contributed by atoms with Gasteiger partial charge in [0.25, 0.3) is 0 Å². The second-order valence-electron chi connectivity index (χ2n) is 3.21. The number of carbonyl (C=O) groups is 1. The van der Waals surface area contributed by atoms with Gasteiger partial charge in [0, 0.05) is 5.25 Å². The lowest BCUT2D eigenvalue weighted by atomic mass is 10.1. The zero-order valence-corrected chi connectivity index (χ0v) is 9.26. The van der Waals surface area contributed by atoms with Gasteiger partial charge in [0.05, 0.1) is 17.9 Å². The van der Waals surface area contributed by atoms with E-state index in [4.69, 9.17) is 5.11 Å². The van der Waals surface area contributed by atoms with Gasteiger partial charge >= 0.3 is 0 Å². The fraction of sp³-hybridized carbons (Fsp3) is 0.364. The van der Waals surface area contributed by atoms with Gasteiger partial charge in [-0.15, -0.1) is 11.8 Å². The highest BCUT2D eigenvalue weighted by atomic mass is 32.2. The summed E-state index contributed by atoms with van der Waals surface area (Å²) in [6.45, 7) is 1.84. The molecule has 1 unspecified atom stereocenters. The van der Waals surface area contributed by atoms with Gasteiger partial charge in [-0.1, -0.05) is 19.1 Å². The number of thioether (sulfide) groups is 1. The van der Waals surface area contributed by atoms with Crippen molar-refractivity contribution in [2.24, 2.45) is 0 Å². The van der Waals surface area contributed by atoms with E-state index < -0.39 is 5.82 Å². The van der Waals surface area contributed by atoms with Crippen molar-refractivity contribution < 1.29 is 14.3 Å². The van der Waals surface area contributed by atoms with Crippen LogP contribution in [0.4, 0.5) is 4.39 Å². The summed E-state index contributed by atoms with van der Waals surface area (Å²) >= 11 is 1.32. The number of Topliss-reactive ketones (excluding diaryl/α,β-unsaturated/α-hetero) is 1. The minimum Gasteiger partial charge on any atom is -0.395 e. The average molecular weight is 228 g/mol. The Labute approximate surface area is 92.5 Å². The Hall–Kier alpha value is -0.870. The summed E-state index contributed by atoms with van der Waals surface area (Å²) in [5.74, 6) is -0.527. The molecule has 0 saturated carbocycles. The maximum absolute atomic E-state index is 13.2. The first-order valence-corrected chi connectivity index (χ1v) is 5.70. The third-order valence-corrected chi connectivity index (χ3v) is 3.08. The van der Waals surface area contributed by atoms with Crippen LogP contribution in [0.3, 0.4) is 0 Å². The van der Waals surface area contributed by atoms with E-state index in [1.54, 1.807) is 12.1 Å². The van der Waals surface area contributed by atoms with Crippen LogP contribution >= 0.6 is 11.8 Å². The minimum absolute atomic E-state index is 0.000670. The van der Waals surface area contributed by atoms with Crippen molar-refractivity contribution in [2.45, 2.75) is 12.2 Å². The van der Waals surface area contributed by atoms with Gasteiger partial charge < -0.3 is 5.11 Å². The van der Waals surface area contributed by atoms with Crippen LogP contribution in [0, 0.1) is 5.82 Å². The molecule has 0 spiro atoms. The lowest BCUT2D eigenvalue weighted by Gasteiger charge is -2.06. The number of rotatable bonds is 5. The van der Waals surface area contributed by atoms with Gasteiger partial charge in [-0.2, -0.15) is 0 Å². The molecule has 1 atom stereocenters. The second-order valence-corrected chi connectivity index (χ2v) is 4.63. The summed E-state index contributed by atoms with van der Waals surface area (Å²) < 4.78 is 13.2. The number of ketones is 1.